The van der Waals surface area contributed by atoms with Crippen LogP contribution in [0.4, 0.5) is 11.4 Å². The summed E-state index contributed by atoms with van der Waals surface area (Å²) in [7, 11) is 0. The lowest BCUT2D eigenvalue weighted by Crippen LogP contribution is -2.12. The second-order valence-corrected chi connectivity index (χ2v) is 4.49. The molecule has 0 aromatic heterocycles. The predicted octanol–water partition coefficient (Wildman–Crippen LogP) is 2.71. The summed E-state index contributed by atoms with van der Waals surface area (Å²) in [5.41, 5.74) is 8.59. The van der Waals surface area contributed by atoms with Gasteiger partial charge in [-0.25, -0.2) is 0 Å². The molecule has 0 aliphatic heterocycles. The molecule has 20 heavy (non-hydrogen) atoms. The minimum Gasteiger partial charge on any atom is -0.399 e. The van der Waals surface area contributed by atoms with Crippen LogP contribution in [0.15, 0.2) is 48.5 Å². The van der Waals surface area contributed by atoms with Crippen LogP contribution in [0.5, 0.6) is 0 Å². The Balaban J connectivity index is 1.91. The van der Waals surface area contributed by atoms with Crippen LogP contribution < -0.4 is 11.1 Å². The first kappa shape index (κ1) is 13.6. The molecule has 2 aromatic carbocycles. The van der Waals surface area contributed by atoms with Crippen LogP contribution in [-0.2, 0) is 11.2 Å². The number of carbonyl (C=O) groups is 1. The van der Waals surface area contributed by atoms with Gasteiger partial charge in [0.05, 0.1) is 11.6 Å². The number of nitriles is 1. The van der Waals surface area contributed by atoms with Crippen LogP contribution in [0.1, 0.15) is 17.5 Å². The van der Waals surface area contributed by atoms with E-state index in [0.717, 1.165) is 5.56 Å². The van der Waals surface area contributed by atoms with Crippen molar-refractivity contribution in [3.8, 4) is 6.07 Å². The quantitative estimate of drug-likeness (QED) is 0.834. The monoisotopic (exact) mass is 265 g/mol. The van der Waals surface area contributed by atoms with Crippen molar-refractivity contribution < 1.29 is 4.79 Å². The topological polar surface area (TPSA) is 78.9 Å². The molecule has 0 unspecified atom stereocenters. The molecule has 0 spiro atoms. The SMILES string of the molecule is N#Cc1cccc(NC(=O)CCc2cccc(N)c2)c1. The molecule has 0 heterocycles. The molecule has 0 saturated heterocycles. The van der Waals surface area contributed by atoms with Crippen molar-refractivity contribution in [2.45, 2.75) is 12.8 Å². The van der Waals surface area contributed by atoms with E-state index in [0.29, 0.717) is 29.8 Å². The lowest BCUT2D eigenvalue weighted by Gasteiger charge is -2.06. The molecule has 4 nitrogen and oxygen atoms in total. The molecular weight excluding hydrogens is 250 g/mol. The normalized spacial score (nSPS) is 9.75. The fourth-order valence-electron chi connectivity index (χ4n) is 1.90. The van der Waals surface area contributed by atoms with E-state index in [1.54, 1.807) is 24.3 Å². The van der Waals surface area contributed by atoms with Gasteiger partial charge in [0.1, 0.15) is 0 Å². The van der Waals surface area contributed by atoms with Gasteiger partial charge in [0, 0.05) is 17.8 Å². The van der Waals surface area contributed by atoms with E-state index < -0.39 is 0 Å². The molecular formula is C16H15N3O. The van der Waals surface area contributed by atoms with Crippen LogP contribution in [0.25, 0.3) is 0 Å². The molecule has 100 valence electrons. The Hall–Kier alpha value is -2.80. The zero-order valence-corrected chi connectivity index (χ0v) is 11.0. The first-order valence-corrected chi connectivity index (χ1v) is 6.32. The maximum Gasteiger partial charge on any atom is 0.224 e. The van der Waals surface area contributed by atoms with Crippen molar-refractivity contribution in [1.29, 1.82) is 5.26 Å². The molecule has 0 radical (unpaired) electrons. The van der Waals surface area contributed by atoms with E-state index >= 15 is 0 Å². The Kier molecular flexibility index (Phi) is 4.35. The summed E-state index contributed by atoms with van der Waals surface area (Å²) in [5, 5.41) is 11.6. The van der Waals surface area contributed by atoms with Gasteiger partial charge >= 0.3 is 0 Å². The third-order valence-electron chi connectivity index (χ3n) is 2.87. The van der Waals surface area contributed by atoms with E-state index in [9.17, 15) is 4.79 Å². The predicted molar refractivity (Wildman–Crippen MR) is 79.0 cm³/mol. The van der Waals surface area contributed by atoms with Crippen LogP contribution in [0.3, 0.4) is 0 Å². The summed E-state index contributed by atoms with van der Waals surface area (Å²) >= 11 is 0. The maximum atomic E-state index is 11.8. The summed E-state index contributed by atoms with van der Waals surface area (Å²) in [5.74, 6) is -0.0810. The number of aryl methyl sites for hydroxylation is 1. The third-order valence-corrected chi connectivity index (χ3v) is 2.87. The smallest absolute Gasteiger partial charge is 0.224 e. The lowest BCUT2D eigenvalue weighted by molar-refractivity contribution is -0.116. The van der Waals surface area contributed by atoms with Crippen molar-refractivity contribution in [3.05, 3.63) is 59.7 Å². The summed E-state index contributed by atoms with van der Waals surface area (Å²) in [6, 6.07) is 16.4. The number of amides is 1. The van der Waals surface area contributed by atoms with Crippen molar-refractivity contribution in [1.82, 2.24) is 0 Å². The Labute approximate surface area is 117 Å². The Morgan fingerprint density at radius 2 is 2.00 bits per heavy atom. The number of nitrogens with two attached hydrogens (primary N) is 1. The molecule has 0 aliphatic carbocycles. The molecule has 0 atom stereocenters. The Morgan fingerprint density at radius 3 is 2.75 bits per heavy atom. The highest BCUT2D eigenvalue weighted by Gasteiger charge is 2.04. The maximum absolute atomic E-state index is 11.8. The fraction of sp³-hybridized carbons (Fsp3) is 0.125. The molecule has 0 fully saturated rings. The number of nitrogens with zero attached hydrogens (tertiary/aromatic N) is 1. The number of benzene rings is 2. The Morgan fingerprint density at radius 1 is 1.20 bits per heavy atom. The molecule has 2 rings (SSSR count). The van der Waals surface area contributed by atoms with Gasteiger partial charge in [0.2, 0.25) is 5.91 Å². The molecule has 0 aliphatic rings. The van der Waals surface area contributed by atoms with E-state index in [2.05, 4.69) is 5.32 Å². The average molecular weight is 265 g/mol. The van der Waals surface area contributed by atoms with Gasteiger partial charge in [-0.1, -0.05) is 18.2 Å². The Bertz CT molecular complexity index is 659. The van der Waals surface area contributed by atoms with Gasteiger partial charge in [-0.15, -0.1) is 0 Å². The highest BCUT2D eigenvalue weighted by Crippen LogP contribution is 2.12. The van der Waals surface area contributed by atoms with Gasteiger partial charge in [0.15, 0.2) is 0 Å². The summed E-state index contributed by atoms with van der Waals surface area (Å²) in [6.45, 7) is 0. The number of anilines is 2. The van der Waals surface area contributed by atoms with Crippen molar-refractivity contribution in [2.75, 3.05) is 11.1 Å². The number of hydrogen-bond acceptors (Lipinski definition) is 3. The van der Waals surface area contributed by atoms with Crippen LogP contribution in [-0.4, -0.2) is 5.91 Å². The van der Waals surface area contributed by atoms with Crippen LogP contribution in [0, 0.1) is 11.3 Å². The van der Waals surface area contributed by atoms with E-state index in [-0.39, 0.29) is 5.91 Å². The first-order valence-electron chi connectivity index (χ1n) is 6.32. The number of nitrogens with one attached hydrogen (secondary N) is 1. The molecule has 3 N–H and O–H groups in total. The molecule has 2 aromatic rings. The van der Waals surface area contributed by atoms with Crippen molar-refractivity contribution >= 4 is 17.3 Å². The second kappa shape index (κ2) is 6.39. The molecule has 1 amide bonds. The van der Waals surface area contributed by atoms with Crippen LogP contribution in [0.2, 0.25) is 0 Å². The van der Waals surface area contributed by atoms with Crippen molar-refractivity contribution in [3.63, 3.8) is 0 Å². The van der Waals surface area contributed by atoms with Crippen LogP contribution >= 0.6 is 0 Å². The number of hydrogen-bond donors (Lipinski definition) is 2. The largest absolute Gasteiger partial charge is 0.399 e. The zero-order valence-electron chi connectivity index (χ0n) is 11.0. The van der Waals surface area contributed by atoms with Crippen molar-refractivity contribution in [2.24, 2.45) is 0 Å². The molecule has 0 bridgehead atoms. The van der Waals surface area contributed by atoms with Gasteiger partial charge in [-0.2, -0.15) is 5.26 Å². The van der Waals surface area contributed by atoms with Gasteiger partial charge in [-0.3, -0.25) is 4.79 Å². The first-order chi connectivity index (χ1) is 9.67. The zero-order chi connectivity index (χ0) is 14.4. The van der Waals surface area contributed by atoms with E-state index in [1.807, 2.05) is 30.3 Å². The average Bonchev–Trinajstić information content (AvgIpc) is 2.45. The minimum atomic E-state index is -0.0810. The third kappa shape index (κ3) is 3.85. The standard InChI is InChI=1S/C16H15N3O/c17-11-13-4-2-6-15(10-13)19-16(20)8-7-12-3-1-5-14(18)9-12/h1-6,9-10H,7-8,18H2,(H,19,20). The highest BCUT2D eigenvalue weighted by molar-refractivity contribution is 5.91. The second-order valence-electron chi connectivity index (χ2n) is 4.49. The minimum absolute atomic E-state index is 0.0810. The molecule has 0 saturated carbocycles. The lowest BCUT2D eigenvalue weighted by atomic mass is 10.1. The highest BCUT2D eigenvalue weighted by atomic mass is 16.1. The summed E-state index contributed by atoms with van der Waals surface area (Å²) in [4.78, 5) is 11.8. The fourth-order valence-corrected chi connectivity index (χ4v) is 1.90. The van der Waals surface area contributed by atoms with E-state index in [1.165, 1.54) is 0 Å². The van der Waals surface area contributed by atoms with Gasteiger partial charge < -0.3 is 11.1 Å². The number of nitrogen functional groups attached to an aromatic ring is 1. The summed E-state index contributed by atoms with van der Waals surface area (Å²) < 4.78 is 0. The summed E-state index contributed by atoms with van der Waals surface area (Å²) in [6.07, 6.45) is 1.01. The van der Waals surface area contributed by atoms with Gasteiger partial charge in [-0.05, 0) is 42.3 Å². The van der Waals surface area contributed by atoms with E-state index in [4.69, 9.17) is 11.0 Å². The van der Waals surface area contributed by atoms with Gasteiger partial charge in [0.25, 0.3) is 0 Å². The molecule has 4 heteroatoms. The number of carbonyl (C=O) groups excluding carboxylic acids is 1. The number of rotatable bonds is 4.